The van der Waals surface area contributed by atoms with Crippen LogP contribution in [-0.4, -0.2) is 0 Å². The maximum atomic E-state index is 6.01. The minimum absolute atomic E-state index is 0.756. The van der Waals surface area contributed by atoms with E-state index in [0.717, 1.165) is 19.8 Å². The molecular weight excluding hydrogens is 259 g/mol. The largest absolute Gasteiger partial charge is 0.0900 e. The summed E-state index contributed by atoms with van der Waals surface area (Å²) in [7, 11) is 0. The summed E-state index contributed by atoms with van der Waals surface area (Å²) in [6, 6.07) is 13.8. The maximum Gasteiger partial charge on any atom is 0.0419 e. The number of hydrogen-bond acceptors (Lipinski definition) is 1. The highest BCUT2D eigenvalue weighted by Gasteiger charge is 2.00. The number of halogens is 2. The molecule has 2 aromatic rings. The molecule has 0 amide bonds. The molecule has 0 nitrogen and oxygen atoms in total. The van der Waals surface area contributed by atoms with Gasteiger partial charge >= 0.3 is 0 Å². The van der Waals surface area contributed by atoms with Gasteiger partial charge in [-0.15, -0.1) is 0 Å². The fourth-order valence-electron chi connectivity index (χ4n) is 1.40. The highest BCUT2D eigenvalue weighted by molar-refractivity contribution is 7.99. The molecular formula is C13H10Cl2S. The van der Waals surface area contributed by atoms with Crippen LogP contribution in [0.15, 0.2) is 52.3 Å². The zero-order valence-corrected chi connectivity index (χ0v) is 11.0. The van der Waals surface area contributed by atoms with Gasteiger partial charge in [0.2, 0.25) is 0 Å². The Kier molecular flexibility index (Phi) is 3.80. The van der Waals surface area contributed by atoms with Crippen LogP contribution in [-0.2, 0) is 0 Å². The monoisotopic (exact) mass is 268 g/mol. The van der Waals surface area contributed by atoms with Crippen molar-refractivity contribution in [2.24, 2.45) is 0 Å². The lowest BCUT2D eigenvalue weighted by Crippen LogP contribution is -1.77. The lowest BCUT2D eigenvalue weighted by molar-refractivity contribution is 1.35. The molecule has 0 aliphatic rings. The van der Waals surface area contributed by atoms with Crippen molar-refractivity contribution < 1.29 is 0 Å². The Labute approximate surface area is 110 Å². The molecule has 0 saturated heterocycles. The molecule has 2 rings (SSSR count). The standard InChI is InChI=1S/C13H10Cl2S/c1-9-6-11(15)8-13(7-9)16-12-4-2-10(14)3-5-12/h2-8H,1H3. The van der Waals surface area contributed by atoms with Gasteiger partial charge in [-0.3, -0.25) is 0 Å². The number of benzene rings is 2. The van der Waals surface area contributed by atoms with Gasteiger partial charge in [0.05, 0.1) is 0 Å². The van der Waals surface area contributed by atoms with E-state index in [9.17, 15) is 0 Å². The fraction of sp³-hybridized carbons (Fsp3) is 0.0769. The molecule has 82 valence electrons. The van der Waals surface area contributed by atoms with Gasteiger partial charge in [0, 0.05) is 19.8 Å². The van der Waals surface area contributed by atoms with Crippen molar-refractivity contribution in [3.63, 3.8) is 0 Å². The van der Waals surface area contributed by atoms with Crippen molar-refractivity contribution in [1.29, 1.82) is 0 Å². The highest BCUT2D eigenvalue weighted by Crippen LogP contribution is 2.31. The topological polar surface area (TPSA) is 0 Å². The first kappa shape index (κ1) is 11.8. The van der Waals surface area contributed by atoms with Crippen LogP contribution in [0.1, 0.15) is 5.56 Å². The summed E-state index contributed by atoms with van der Waals surface area (Å²) >= 11 is 13.5. The Balaban J connectivity index is 2.23. The molecule has 0 aromatic heterocycles. The molecule has 0 heterocycles. The van der Waals surface area contributed by atoms with E-state index in [1.165, 1.54) is 5.56 Å². The molecule has 0 spiro atoms. The van der Waals surface area contributed by atoms with Crippen LogP contribution in [0, 0.1) is 6.92 Å². The van der Waals surface area contributed by atoms with E-state index in [4.69, 9.17) is 23.2 Å². The quantitative estimate of drug-likeness (QED) is 0.698. The molecule has 16 heavy (non-hydrogen) atoms. The van der Waals surface area contributed by atoms with Gasteiger partial charge in [-0.1, -0.05) is 35.0 Å². The highest BCUT2D eigenvalue weighted by atomic mass is 35.5. The van der Waals surface area contributed by atoms with Crippen LogP contribution >= 0.6 is 35.0 Å². The van der Waals surface area contributed by atoms with Gasteiger partial charge in [0.1, 0.15) is 0 Å². The maximum absolute atomic E-state index is 6.01. The molecule has 0 aliphatic heterocycles. The van der Waals surface area contributed by atoms with E-state index < -0.39 is 0 Å². The van der Waals surface area contributed by atoms with Crippen molar-refractivity contribution in [1.82, 2.24) is 0 Å². The average Bonchev–Trinajstić information content (AvgIpc) is 2.20. The third kappa shape index (κ3) is 3.18. The zero-order valence-electron chi connectivity index (χ0n) is 8.71. The summed E-state index contributed by atoms with van der Waals surface area (Å²) < 4.78 is 0. The summed E-state index contributed by atoms with van der Waals surface area (Å²) in [4.78, 5) is 2.30. The molecule has 0 atom stereocenters. The summed E-state index contributed by atoms with van der Waals surface area (Å²) in [6.45, 7) is 2.04. The van der Waals surface area contributed by atoms with Gasteiger partial charge < -0.3 is 0 Å². The molecule has 0 aliphatic carbocycles. The number of rotatable bonds is 2. The van der Waals surface area contributed by atoms with Crippen molar-refractivity contribution in [2.45, 2.75) is 16.7 Å². The van der Waals surface area contributed by atoms with Crippen molar-refractivity contribution in [3.8, 4) is 0 Å². The van der Waals surface area contributed by atoms with E-state index in [1.54, 1.807) is 11.8 Å². The second-order valence-electron chi connectivity index (χ2n) is 3.52. The molecule has 0 saturated carbocycles. The number of aryl methyl sites for hydroxylation is 1. The lowest BCUT2D eigenvalue weighted by Gasteiger charge is -2.04. The first-order valence-corrected chi connectivity index (χ1v) is 6.41. The van der Waals surface area contributed by atoms with Gasteiger partial charge in [-0.25, -0.2) is 0 Å². The second kappa shape index (κ2) is 5.13. The van der Waals surface area contributed by atoms with Crippen molar-refractivity contribution >= 4 is 35.0 Å². The Bertz CT molecular complexity index is 472. The van der Waals surface area contributed by atoms with E-state index >= 15 is 0 Å². The Morgan fingerprint density at radius 3 is 2.12 bits per heavy atom. The molecule has 0 bridgehead atoms. The van der Waals surface area contributed by atoms with Crippen molar-refractivity contribution in [2.75, 3.05) is 0 Å². The second-order valence-corrected chi connectivity index (χ2v) is 5.54. The normalized spacial score (nSPS) is 10.4. The predicted molar refractivity (Wildman–Crippen MR) is 71.8 cm³/mol. The van der Waals surface area contributed by atoms with E-state index in [1.807, 2.05) is 43.3 Å². The van der Waals surface area contributed by atoms with Crippen LogP contribution < -0.4 is 0 Å². The average molecular weight is 269 g/mol. The summed E-state index contributed by atoms with van der Waals surface area (Å²) in [5, 5.41) is 1.53. The Hall–Kier alpha value is -0.630. The van der Waals surface area contributed by atoms with Crippen LogP contribution in [0.25, 0.3) is 0 Å². The van der Waals surface area contributed by atoms with E-state index in [0.29, 0.717) is 0 Å². The van der Waals surface area contributed by atoms with E-state index in [-0.39, 0.29) is 0 Å². The Morgan fingerprint density at radius 1 is 0.812 bits per heavy atom. The number of hydrogen-bond donors (Lipinski definition) is 0. The summed E-state index contributed by atoms with van der Waals surface area (Å²) in [6.07, 6.45) is 0. The fourth-order valence-corrected chi connectivity index (χ4v) is 2.86. The third-order valence-corrected chi connectivity index (χ3v) is 3.51. The predicted octanol–water partition coefficient (Wildman–Crippen LogP) is 5.45. The van der Waals surface area contributed by atoms with Gasteiger partial charge in [-0.05, 0) is 55.0 Å². The first-order valence-electron chi connectivity index (χ1n) is 4.84. The minimum atomic E-state index is 0.756. The molecule has 0 radical (unpaired) electrons. The van der Waals surface area contributed by atoms with Crippen LogP contribution in [0.2, 0.25) is 10.0 Å². The molecule has 0 unspecified atom stereocenters. The van der Waals surface area contributed by atoms with Gasteiger partial charge in [0.15, 0.2) is 0 Å². The molecule has 2 aromatic carbocycles. The summed E-state index contributed by atoms with van der Waals surface area (Å²) in [5.41, 5.74) is 1.17. The van der Waals surface area contributed by atoms with Crippen LogP contribution in [0.3, 0.4) is 0 Å². The lowest BCUT2D eigenvalue weighted by atomic mass is 10.2. The smallest absolute Gasteiger partial charge is 0.0419 e. The summed E-state index contributed by atoms with van der Waals surface area (Å²) in [5.74, 6) is 0. The molecule has 3 heteroatoms. The van der Waals surface area contributed by atoms with Gasteiger partial charge in [-0.2, -0.15) is 0 Å². The van der Waals surface area contributed by atoms with Gasteiger partial charge in [0.25, 0.3) is 0 Å². The van der Waals surface area contributed by atoms with Crippen LogP contribution in [0.4, 0.5) is 0 Å². The van der Waals surface area contributed by atoms with Crippen molar-refractivity contribution in [3.05, 3.63) is 58.1 Å². The molecule has 0 fully saturated rings. The first-order chi connectivity index (χ1) is 7.63. The SMILES string of the molecule is Cc1cc(Cl)cc(Sc2ccc(Cl)cc2)c1. The minimum Gasteiger partial charge on any atom is -0.0900 e. The molecule has 0 N–H and O–H groups in total. The Morgan fingerprint density at radius 2 is 1.50 bits per heavy atom. The van der Waals surface area contributed by atoms with E-state index in [2.05, 4.69) is 6.07 Å². The van der Waals surface area contributed by atoms with Crippen LogP contribution in [0.5, 0.6) is 0 Å². The third-order valence-electron chi connectivity index (χ3n) is 2.06. The zero-order chi connectivity index (χ0) is 11.5.